The van der Waals surface area contributed by atoms with Crippen molar-refractivity contribution in [3.63, 3.8) is 0 Å². The number of rotatable bonds is 4. The fraction of sp³-hybridized carbons (Fsp3) is 0.412. The van der Waals surface area contributed by atoms with E-state index < -0.39 is 0 Å². The summed E-state index contributed by atoms with van der Waals surface area (Å²) in [7, 11) is 1.51. The summed E-state index contributed by atoms with van der Waals surface area (Å²) in [5, 5.41) is 3.32. The van der Waals surface area contributed by atoms with Crippen LogP contribution in [-0.4, -0.2) is 36.3 Å². The minimum Gasteiger partial charge on any atom is -0.497 e. The van der Waals surface area contributed by atoms with E-state index in [4.69, 9.17) is 9.47 Å². The second kappa shape index (κ2) is 6.91. The summed E-state index contributed by atoms with van der Waals surface area (Å²) in [4.78, 5) is 8.80. The number of nitrogens with one attached hydrogen (secondary N) is 1. The summed E-state index contributed by atoms with van der Waals surface area (Å²) in [5.74, 6) is 0.718. The highest BCUT2D eigenvalue weighted by Gasteiger charge is 2.16. The lowest BCUT2D eigenvalue weighted by molar-refractivity contribution is 0.0903. The molecule has 1 N–H and O–H groups in total. The van der Waals surface area contributed by atoms with Crippen LogP contribution in [-0.2, 0) is 4.74 Å². The Morgan fingerprint density at radius 3 is 2.70 bits per heavy atom. The molecule has 1 saturated heterocycles. The third-order valence-electron chi connectivity index (χ3n) is 4.00. The number of aromatic nitrogens is 2. The first kappa shape index (κ1) is 15.7. The molecule has 23 heavy (non-hydrogen) atoms. The van der Waals surface area contributed by atoms with E-state index in [2.05, 4.69) is 15.3 Å². The molecule has 0 unspecified atom stereocenters. The molecule has 6 heteroatoms. The van der Waals surface area contributed by atoms with Crippen LogP contribution in [0.25, 0.3) is 11.1 Å². The molecule has 1 aliphatic rings. The van der Waals surface area contributed by atoms with Gasteiger partial charge in [-0.3, -0.25) is 0 Å². The maximum atomic E-state index is 14.2. The Balaban J connectivity index is 1.81. The van der Waals surface area contributed by atoms with Crippen LogP contribution in [0.3, 0.4) is 0 Å². The van der Waals surface area contributed by atoms with Gasteiger partial charge in [-0.2, -0.15) is 0 Å². The van der Waals surface area contributed by atoms with Gasteiger partial charge in [0.15, 0.2) is 0 Å². The molecule has 0 atom stereocenters. The summed E-state index contributed by atoms with van der Waals surface area (Å²) < 4.78 is 24.6. The maximum Gasteiger partial charge on any atom is 0.223 e. The number of aryl methyl sites for hydroxylation is 1. The molecule has 1 aliphatic heterocycles. The lowest BCUT2D eigenvalue weighted by Gasteiger charge is -2.23. The first-order valence-electron chi connectivity index (χ1n) is 7.69. The number of benzene rings is 1. The normalized spacial score (nSPS) is 15.4. The molecule has 1 aromatic heterocycles. The van der Waals surface area contributed by atoms with Gasteiger partial charge in [0, 0.05) is 42.6 Å². The molecule has 122 valence electrons. The van der Waals surface area contributed by atoms with Crippen LogP contribution in [0.15, 0.2) is 24.4 Å². The number of hydrogen-bond donors (Lipinski definition) is 1. The third kappa shape index (κ3) is 3.59. The van der Waals surface area contributed by atoms with E-state index in [0.29, 0.717) is 28.9 Å². The maximum absolute atomic E-state index is 14.2. The molecule has 0 aliphatic carbocycles. The van der Waals surface area contributed by atoms with Gasteiger partial charge in [0.2, 0.25) is 5.95 Å². The summed E-state index contributed by atoms with van der Waals surface area (Å²) in [5.41, 5.74) is 1.89. The number of hydrogen-bond acceptors (Lipinski definition) is 5. The van der Waals surface area contributed by atoms with Crippen molar-refractivity contribution in [1.29, 1.82) is 0 Å². The molecule has 3 rings (SSSR count). The van der Waals surface area contributed by atoms with Gasteiger partial charge in [-0.1, -0.05) is 0 Å². The average molecular weight is 317 g/mol. The largest absolute Gasteiger partial charge is 0.497 e. The zero-order valence-electron chi connectivity index (χ0n) is 13.3. The Hall–Kier alpha value is -2.21. The van der Waals surface area contributed by atoms with Gasteiger partial charge in [0.05, 0.1) is 12.8 Å². The van der Waals surface area contributed by atoms with Crippen LogP contribution in [0.1, 0.15) is 18.5 Å². The number of halogens is 1. The summed E-state index contributed by atoms with van der Waals surface area (Å²) >= 11 is 0. The van der Waals surface area contributed by atoms with Gasteiger partial charge >= 0.3 is 0 Å². The fourth-order valence-electron chi connectivity index (χ4n) is 2.67. The monoisotopic (exact) mass is 317 g/mol. The van der Waals surface area contributed by atoms with Crippen molar-refractivity contribution < 1.29 is 13.9 Å². The minimum absolute atomic E-state index is 0.326. The highest BCUT2D eigenvalue weighted by molar-refractivity contribution is 5.67. The third-order valence-corrected chi connectivity index (χ3v) is 4.00. The van der Waals surface area contributed by atoms with Crippen molar-refractivity contribution in [2.24, 2.45) is 0 Å². The molecule has 2 heterocycles. The van der Waals surface area contributed by atoms with Crippen LogP contribution in [0.4, 0.5) is 10.3 Å². The van der Waals surface area contributed by atoms with Gasteiger partial charge in [-0.25, -0.2) is 14.4 Å². The molecule has 0 spiro atoms. The fourth-order valence-corrected chi connectivity index (χ4v) is 2.67. The Labute approximate surface area is 134 Å². The Morgan fingerprint density at radius 1 is 1.26 bits per heavy atom. The van der Waals surface area contributed by atoms with E-state index in [1.807, 2.05) is 6.92 Å². The molecular weight excluding hydrogens is 297 g/mol. The average Bonchev–Trinajstić information content (AvgIpc) is 2.56. The van der Waals surface area contributed by atoms with Gasteiger partial charge in [0.25, 0.3) is 0 Å². The van der Waals surface area contributed by atoms with Crippen LogP contribution in [0.5, 0.6) is 5.75 Å². The van der Waals surface area contributed by atoms with Crippen molar-refractivity contribution >= 4 is 5.95 Å². The Bertz CT molecular complexity index is 688. The van der Waals surface area contributed by atoms with E-state index in [1.54, 1.807) is 18.3 Å². The van der Waals surface area contributed by atoms with Crippen molar-refractivity contribution in [2.75, 3.05) is 25.6 Å². The summed E-state index contributed by atoms with van der Waals surface area (Å²) in [6.45, 7) is 3.37. The van der Waals surface area contributed by atoms with Crippen molar-refractivity contribution in [1.82, 2.24) is 9.97 Å². The highest BCUT2D eigenvalue weighted by Crippen LogP contribution is 2.28. The zero-order valence-corrected chi connectivity index (χ0v) is 13.3. The van der Waals surface area contributed by atoms with Gasteiger partial charge in [-0.15, -0.1) is 0 Å². The Kier molecular flexibility index (Phi) is 4.71. The summed E-state index contributed by atoms with van der Waals surface area (Å²) in [6, 6.07) is 5.10. The molecule has 0 bridgehead atoms. The smallest absolute Gasteiger partial charge is 0.223 e. The second-order valence-electron chi connectivity index (χ2n) is 5.57. The molecule has 0 amide bonds. The van der Waals surface area contributed by atoms with Crippen LogP contribution < -0.4 is 10.1 Å². The van der Waals surface area contributed by atoms with Crippen LogP contribution in [0.2, 0.25) is 0 Å². The molecule has 0 saturated carbocycles. The topological polar surface area (TPSA) is 56.3 Å². The van der Waals surface area contributed by atoms with Crippen LogP contribution >= 0.6 is 0 Å². The van der Waals surface area contributed by atoms with Crippen LogP contribution in [0, 0.1) is 12.7 Å². The molecule has 5 nitrogen and oxygen atoms in total. The SMILES string of the molecule is COc1ccc(-c2cnc(NC3CCOCC3)nc2C)c(F)c1. The van der Waals surface area contributed by atoms with Crippen molar-refractivity contribution in [3.05, 3.63) is 35.9 Å². The van der Waals surface area contributed by atoms with Gasteiger partial charge < -0.3 is 14.8 Å². The first-order chi connectivity index (χ1) is 11.2. The predicted octanol–water partition coefficient (Wildman–Crippen LogP) is 3.19. The number of ether oxygens (including phenoxy) is 2. The quantitative estimate of drug-likeness (QED) is 0.938. The lowest BCUT2D eigenvalue weighted by Crippen LogP contribution is -2.28. The number of methoxy groups -OCH3 is 1. The second-order valence-corrected chi connectivity index (χ2v) is 5.57. The van der Waals surface area contributed by atoms with E-state index in [9.17, 15) is 4.39 Å². The number of nitrogens with zero attached hydrogens (tertiary/aromatic N) is 2. The zero-order chi connectivity index (χ0) is 16.2. The van der Waals surface area contributed by atoms with E-state index in [-0.39, 0.29) is 5.82 Å². The first-order valence-corrected chi connectivity index (χ1v) is 7.69. The molecule has 2 aromatic rings. The molecule has 1 aromatic carbocycles. The van der Waals surface area contributed by atoms with E-state index in [1.165, 1.54) is 13.2 Å². The highest BCUT2D eigenvalue weighted by atomic mass is 19.1. The van der Waals surface area contributed by atoms with E-state index in [0.717, 1.165) is 31.7 Å². The predicted molar refractivity (Wildman–Crippen MR) is 86.2 cm³/mol. The van der Waals surface area contributed by atoms with E-state index >= 15 is 0 Å². The minimum atomic E-state index is -0.346. The van der Waals surface area contributed by atoms with Crippen molar-refractivity contribution in [3.8, 4) is 16.9 Å². The summed E-state index contributed by atoms with van der Waals surface area (Å²) in [6.07, 6.45) is 3.55. The molecule has 1 fully saturated rings. The molecular formula is C17H20FN3O2. The van der Waals surface area contributed by atoms with Gasteiger partial charge in [0.1, 0.15) is 11.6 Å². The molecule has 0 radical (unpaired) electrons. The number of anilines is 1. The van der Waals surface area contributed by atoms with Crippen molar-refractivity contribution in [2.45, 2.75) is 25.8 Å². The van der Waals surface area contributed by atoms with Gasteiger partial charge in [-0.05, 0) is 31.9 Å². The lowest BCUT2D eigenvalue weighted by atomic mass is 10.1. The standard InChI is InChI=1S/C17H20FN3O2/c1-11-15(14-4-3-13(22-2)9-16(14)18)10-19-17(20-11)21-12-5-7-23-8-6-12/h3-4,9-10,12H,5-8H2,1-2H3,(H,19,20,21). The Morgan fingerprint density at radius 2 is 2.04 bits per heavy atom.